The first-order valence-electron chi connectivity index (χ1n) is 6.63. The van der Waals surface area contributed by atoms with Crippen LogP contribution in [0, 0.1) is 13.8 Å². The van der Waals surface area contributed by atoms with Crippen LogP contribution in [-0.4, -0.2) is 49.1 Å². The van der Waals surface area contributed by atoms with Crippen molar-refractivity contribution in [3.8, 4) is 0 Å². The Bertz CT molecular complexity index is 652. The fourth-order valence-electron chi connectivity index (χ4n) is 2.68. The summed E-state index contributed by atoms with van der Waals surface area (Å²) >= 11 is 0. The molecule has 1 aliphatic rings. The molecule has 0 spiro atoms. The molecule has 0 unspecified atom stereocenters. The minimum Gasteiger partial charge on any atom is -0.478 e. The third-order valence-electron chi connectivity index (χ3n) is 3.40. The van der Waals surface area contributed by atoms with Gasteiger partial charge in [0.05, 0.1) is 12.2 Å². The lowest BCUT2D eigenvalue weighted by Crippen LogP contribution is -2.48. The molecule has 0 aromatic carbocycles. The highest BCUT2D eigenvalue weighted by molar-refractivity contribution is 7.89. The Kier molecular flexibility index (Phi) is 4.14. The van der Waals surface area contributed by atoms with Crippen molar-refractivity contribution in [1.29, 1.82) is 0 Å². The number of sulfonamides is 1. The topological polar surface area (TPSA) is 97.0 Å². The van der Waals surface area contributed by atoms with Gasteiger partial charge in [0, 0.05) is 13.1 Å². The molecule has 1 N–H and O–H groups in total. The van der Waals surface area contributed by atoms with E-state index in [0.717, 1.165) is 0 Å². The van der Waals surface area contributed by atoms with E-state index in [4.69, 9.17) is 9.15 Å². The number of rotatable bonds is 3. The maximum atomic E-state index is 12.8. The lowest BCUT2D eigenvalue weighted by Gasteiger charge is -2.34. The Labute approximate surface area is 123 Å². The number of carboxylic acid groups (broad SMARTS) is 1. The number of carboxylic acids is 1. The molecule has 0 bridgehead atoms. The van der Waals surface area contributed by atoms with Crippen molar-refractivity contribution < 1.29 is 27.5 Å². The van der Waals surface area contributed by atoms with Gasteiger partial charge in [0.2, 0.25) is 10.0 Å². The van der Waals surface area contributed by atoms with E-state index >= 15 is 0 Å². The van der Waals surface area contributed by atoms with Crippen molar-refractivity contribution in [3.63, 3.8) is 0 Å². The molecule has 0 radical (unpaired) electrons. The van der Waals surface area contributed by atoms with Crippen molar-refractivity contribution in [2.45, 2.75) is 44.8 Å². The number of furan rings is 1. The number of carbonyl (C=O) groups is 1. The predicted molar refractivity (Wildman–Crippen MR) is 73.9 cm³/mol. The summed E-state index contributed by atoms with van der Waals surface area (Å²) in [5, 5.41) is 9.26. The van der Waals surface area contributed by atoms with Gasteiger partial charge in [0.15, 0.2) is 0 Å². The predicted octanol–water partition coefficient (Wildman–Crippen LogP) is 1.39. The molecular weight excluding hydrogens is 298 g/mol. The second kappa shape index (κ2) is 5.43. The van der Waals surface area contributed by atoms with Gasteiger partial charge in [-0.1, -0.05) is 0 Å². The van der Waals surface area contributed by atoms with Crippen LogP contribution < -0.4 is 0 Å². The van der Waals surface area contributed by atoms with E-state index in [0.29, 0.717) is 0 Å². The zero-order chi connectivity index (χ0) is 15.9. The Morgan fingerprint density at radius 1 is 1.19 bits per heavy atom. The zero-order valence-corrected chi connectivity index (χ0v) is 13.2. The van der Waals surface area contributed by atoms with Crippen LogP contribution in [0.3, 0.4) is 0 Å². The van der Waals surface area contributed by atoms with E-state index in [1.807, 2.05) is 0 Å². The highest BCUT2D eigenvalue weighted by Gasteiger charge is 2.38. The van der Waals surface area contributed by atoms with Gasteiger partial charge >= 0.3 is 5.97 Å². The summed E-state index contributed by atoms with van der Waals surface area (Å²) in [5.41, 5.74) is -0.292. The molecule has 2 rings (SSSR count). The minimum absolute atomic E-state index is 0.0907. The van der Waals surface area contributed by atoms with Gasteiger partial charge in [-0.3, -0.25) is 0 Å². The summed E-state index contributed by atoms with van der Waals surface area (Å²) in [6.45, 7) is 6.85. The number of nitrogens with zero attached hydrogens (tertiary/aromatic N) is 1. The number of aryl methyl sites for hydroxylation is 2. The Morgan fingerprint density at radius 2 is 1.71 bits per heavy atom. The summed E-state index contributed by atoms with van der Waals surface area (Å²) in [4.78, 5) is 11.1. The molecule has 21 heavy (non-hydrogen) atoms. The average molecular weight is 317 g/mol. The number of hydrogen-bond donors (Lipinski definition) is 1. The van der Waals surface area contributed by atoms with E-state index in [-0.39, 0.29) is 47.3 Å². The van der Waals surface area contributed by atoms with Crippen molar-refractivity contribution in [2.75, 3.05) is 13.1 Å². The van der Waals surface area contributed by atoms with E-state index in [9.17, 15) is 18.3 Å². The molecule has 118 valence electrons. The monoisotopic (exact) mass is 317 g/mol. The van der Waals surface area contributed by atoms with Crippen LogP contribution in [0.25, 0.3) is 0 Å². The number of ether oxygens (including phenoxy) is 1. The first kappa shape index (κ1) is 16.0. The second-order valence-electron chi connectivity index (χ2n) is 5.30. The van der Waals surface area contributed by atoms with Crippen molar-refractivity contribution in [3.05, 3.63) is 17.1 Å². The van der Waals surface area contributed by atoms with E-state index < -0.39 is 16.0 Å². The number of aromatic carboxylic acids is 1. The first-order chi connectivity index (χ1) is 9.64. The average Bonchev–Trinajstić information content (AvgIpc) is 2.63. The van der Waals surface area contributed by atoms with Gasteiger partial charge in [-0.15, -0.1) is 0 Å². The smallest absolute Gasteiger partial charge is 0.340 e. The number of hydrogen-bond acceptors (Lipinski definition) is 5. The zero-order valence-electron chi connectivity index (χ0n) is 12.4. The molecule has 1 aromatic heterocycles. The highest BCUT2D eigenvalue weighted by atomic mass is 32.2. The van der Waals surface area contributed by atoms with Gasteiger partial charge in [-0.05, 0) is 27.7 Å². The second-order valence-corrected chi connectivity index (χ2v) is 7.18. The lowest BCUT2D eigenvalue weighted by molar-refractivity contribution is -0.0441. The molecule has 0 saturated carbocycles. The Balaban J connectivity index is 2.52. The summed E-state index contributed by atoms with van der Waals surface area (Å²) in [6, 6.07) is 0. The molecule has 1 saturated heterocycles. The third kappa shape index (κ3) is 2.83. The van der Waals surface area contributed by atoms with Crippen LogP contribution in [0.2, 0.25) is 0 Å². The van der Waals surface area contributed by atoms with Crippen molar-refractivity contribution in [2.24, 2.45) is 0 Å². The maximum absolute atomic E-state index is 12.8. The van der Waals surface area contributed by atoms with Crippen molar-refractivity contribution in [1.82, 2.24) is 4.31 Å². The van der Waals surface area contributed by atoms with Crippen LogP contribution in [-0.2, 0) is 14.8 Å². The molecular formula is C13H19NO6S. The molecule has 0 amide bonds. The molecule has 1 aromatic rings. The SMILES string of the molecule is Cc1oc(C)c(S(=O)(=O)N2C[C@@H](C)O[C@@H](C)C2)c1C(=O)O. The van der Waals surface area contributed by atoms with Gasteiger partial charge in [-0.2, -0.15) is 4.31 Å². The molecule has 7 nitrogen and oxygen atoms in total. The molecule has 1 fully saturated rings. The standard InChI is InChI=1S/C13H19NO6S/c1-7-5-14(6-8(2)19-7)21(17,18)12-10(4)20-9(3)11(12)13(15)16/h7-8H,5-6H2,1-4H3,(H,15,16)/t7-,8+. The maximum Gasteiger partial charge on any atom is 0.340 e. The van der Waals surface area contributed by atoms with E-state index in [1.54, 1.807) is 13.8 Å². The largest absolute Gasteiger partial charge is 0.478 e. The van der Waals surface area contributed by atoms with Crippen LogP contribution in [0.15, 0.2) is 9.31 Å². The molecule has 1 aliphatic heterocycles. The molecule has 2 heterocycles. The highest BCUT2D eigenvalue weighted by Crippen LogP contribution is 2.30. The summed E-state index contributed by atoms with van der Waals surface area (Å²) in [6.07, 6.45) is -0.491. The number of morpholine rings is 1. The van der Waals surface area contributed by atoms with E-state index in [2.05, 4.69) is 0 Å². The third-order valence-corrected chi connectivity index (χ3v) is 5.39. The minimum atomic E-state index is -3.93. The van der Waals surface area contributed by atoms with Gasteiger partial charge in [-0.25, -0.2) is 13.2 Å². The fourth-order valence-corrected chi connectivity index (χ4v) is 4.64. The summed E-state index contributed by atoms with van der Waals surface area (Å²) in [5.74, 6) is -1.12. The lowest BCUT2D eigenvalue weighted by atomic mass is 10.2. The normalized spacial score (nSPS) is 24.2. The quantitative estimate of drug-likeness (QED) is 0.905. The van der Waals surface area contributed by atoms with Crippen LogP contribution in [0.4, 0.5) is 0 Å². The molecule has 0 aliphatic carbocycles. The van der Waals surface area contributed by atoms with Gasteiger partial charge < -0.3 is 14.3 Å². The van der Waals surface area contributed by atoms with Crippen LogP contribution in [0.1, 0.15) is 35.7 Å². The summed E-state index contributed by atoms with van der Waals surface area (Å²) in [7, 11) is -3.93. The molecule has 2 atom stereocenters. The molecule has 8 heteroatoms. The first-order valence-corrected chi connectivity index (χ1v) is 8.07. The summed E-state index contributed by atoms with van der Waals surface area (Å²) < 4.78 is 37.6. The Morgan fingerprint density at radius 3 is 2.19 bits per heavy atom. The fraction of sp³-hybridized carbons (Fsp3) is 0.615. The van der Waals surface area contributed by atoms with Crippen molar-refractivity contribution >= 4 is 16.0 Å². The van der Waals surface area contributed by atoms with Gasteiger partial charge in [0.25, 0.3) is 0 Å². The van der Waals surface area contributed by atoms with E-state index in [1.165, 1.54) is 18.2 Å². The van der Waals surface area contributed by atoms with Crippen LogP contribution in [0.5, 0.6) is 0 Å². The van der Waals surface area contributed by atoms with Gasteiger partial charge in [0.1, 0.15) is 22.0 Å². The van der Waals surface area contributed by atoms with Crippen LogP contribution >= 0.6 is 0 Å². The Hall–Kier alpha value is -1.38.